The molecule has 5 heteroatoms. The normalized spacial score (nSPS) is 20.4. The number of rotatable bonds is 6. The molecule has 1 aliphatic heterocycles. The van der Waals surface area contributed by atoms with E-state index in [0.29, 0.717) is 12.3 Å². The quantitative estimate of drug-likeness (QED) is 0.743. The zero-order chi connectivity index (χ0) is 14.4. The second-order valence-corrected chi connectivity index (χ2v) is 5.22. The van der Waals surface area contributed by atoms with Crippen LogP contribution in [-0.4, -0.2) is 43.9 Å². The van der Waals surface area contributed by atoms with Crippen LogP contribution < -0.4 is 0 Å². The average Bonchev–Trinajstić information content (AvgIpc) is 2.87. The molecule has 0 bridgehead atoms. The standard InChI is InChI=1S/C15H20F3NO/c16-15(17,18)12-20-10-4-8-19-9-7-14(11-19)13-5-2-1-3-6-13/h1-3,5-6,14H,4,7-12H2/t14-/m1/s1. The van der Waals surface area contributed by atoms with Crippen molar-refractivity contribution in [3.63, 3.8) is 0 Å². The fraction of sp³-hybridized carbons (Fsp3) is 0.600. The van der Waals surface area contributed by atoms with Gasteiger partial charge in [-0.25, -0.2) is 0 Å². The molecule has 0 amide bonds. The maximum absolute atomic E-state index is 11.9. The summed E-state index contributed by atoms with van der Waals surface area (Å²) >= 11 is 0. The first-order valence-corrected chi connectivity index (χ1v) is 6.96. The molecule has 2 nitrogen and oxygen atoms in total. The second-order valence-electron chi connectivity index (χ2n) is 5.22. The fourth-order valence-electron chi connectivity index (χ4n) is 2.61. The van der Waals surface area contributed by atoms with Gasteiger partial charge >= 0.3 is 6.18 Å². The Bertz CT molecular complexity index is 394. The fourth-order valence-corrected chi connectivity index (χ4v) is 2.61. The van der Waals surface area contributed by atoms with Gasteiger partial charge in [0.05, 0.1) is 0 Å². The SMILES string of the molecule is FC(F)(F)COCCCN1CC[C@@H](c2ccccc2)C1. The Labute approximate surface area is 117 Å². The Kier molecular flexibility index (Phi) is 5.43. The van der Waals surface area contributed by atoms with Crippen molar-refractivity contribution in [3.05, 3.63) is 35.9 Å². The molecule has 1 aromatic carbocycles. The van der Waals surface area contributed by atoms with Gasteiger partial charge in [0, 0.05) is 19.7 Å². The number of ether oxygens (including phenoxy) is 1. The smallest absolute Gasteiger partial charge is 0.372 e. The lowest BCUT2D eigenvalue weighted by atomic mass is 9.99. The van der Waals surface area contributed by atoms with Gasteiger partial charge < -0.3 is 9.64 Å². The molecule has 0 spiro atoms. The molecule has 1 fully saturated rings. The van der Waals surface area contributed by atoms with E-state index in [1.165, 1.54) is 5.56 Å². The third-order valence-electron chi connectivity index (χ3n) is 3.57. The summed E-state index contributed by atoms with van der Waals surface area (Å²) in [6.07, 6.45) is -2.45. The predicted molar refractivity (Wildman–Crippen MR) is 71.7 cm³/mol. The lowest BCUT2D eigenvalue weighted by molar-refractivity contribution is -0.174. The van der Waals surface area contributed by atoms with Gasteiger partial charge in [-0.1, -0.05) is 30.3 Å². The maximum Gasteiger partial charge on any atom is 0.411 e. The summed E-state index contributed by atoms with van der Waals surface area (Å²) in [5.41, 5.74) is 1.35. The van der Waals surface area contributed by atoms with Crippen molar-refractivity contribution >= 4 is 0 Å². The van der Waals surface area contributed by atoms with Gasteiger partial charge in [-0.2, -0.15) is 13.2 Å². The van der Waals surface area contributed by atoms with Crippen LogP contribution in [0.5, 0.6) is 0 Å². The number of likely N-dealkylation sites (tertiary alicyclic amines) is 1. The lowest BCUT2D eigenvalue weighted by Gasteiger charge is -2.16. The number of benzene rings is 1. The molecule has 1 aromatic rings. The van der Waals surface area contributed by atoms with Crippen molar-refractivity contribution in [1.82, 2.24) is 4.90 Å². The van der Waals surface area contributed by atoms with E-state index in [-0.39, 0.29) is 6.61 Å². The van der Waals surface area contributed by atoms with E-state index in [0.717, 1.165) is 26.1 Å². The lowest BCUT2D eigenvalue weighted by Crippen LogP contribution is -2.24. The van der Waals surface area contributed by atoms with Gasteiger partial charge in [-0.15, -0.1) is 0 Å². The molecule has 1 saturated heterocycles. The first kappa shape index (κ1) is 15.3. The molecular weight excluding hydrogens is 267 g/mol. The van der Waals surface area contributed by atoms with Gasteiger partial charge in [-0.3, -0.25) is 0 Å². The third kappa shape index (κ3) is 5.13. The molecule has 0 N–H and O–H groups in total. The highest BCUT2D eigenvalue weighted by Gasteiger charge is 2.27. The van der Waals surface area contributed by atoms with Crippen molar-refractivity contribution in [2.75, 3.05) is 32.8 Å². The van der Waals surface area contributed by atoms with Crippen LogP contribution in [0.4, 0.5) is 13.2 Å². The van der Waals surface area contributed by atoms with Gasteiger partial charge in [0.15, 0.2) is 0 Å². The minimum absolute atomic E-state index is 0.173. The highest BCUT2D eigenvalue weighted by atomic mass is 19.4. The molecule has 0 unspecified atom stereocenters. The monoisotopic (exact) mass is 287 g/mol. The van der Waals surface area contributed by atoms with Crippen molar-refractivity contribution < 1.29 is 17.9 Å². The van der Waals surface area contributed by atoms with E-state index >= 15 is 0 Å². The summed E-state index contributed by atoms with van der Waals surface area (Å²) in [6, 6.07) is 10.4. The molecule has 1 atom stereocenters. The van der Waals surface area contributed by atoms with Crippen LogP contribution >= 0.6 is 0 Å². The van der Waals surface area contributed by atoms with E-state index < -0.39 is 12.8 Å². The van der Waals surface area contributed by atoms with Crippen LogP contribution in [0.2, 0.25) is 0 Å². The maximum atomic E-state index is 11.9. The van der Waals surface area contributed by atoms with Gasteiger partial charge in [0.2, 0.25) is 0 Å². The highest BCUT2D eigenvalue weighted by Crippen LogP contribution is 2.26. The van der Waals surface area contributed by atoms with E-state index in [4.69, 9.17) is 0 Å². The molecule has 1 aliphatic rings. The van der Waals surface area contributed by atoms with Gasteiger partial charge in [0.25, 0.3) is 0 Å². The minimum atomic E-state index is -4.22. The Hall–Kier alpha value is -1.07. The molecule has 112 valence electrons. The van der Waals surface area contributed by atoms with E-state index in [1.54, 1.807) is 0 Å². The van der Waals surface area contributed by atoms with Crippen LogP contribution in [0.25, 0.3) is 0 Å². The summed E-state index contributed by atoms with van der Waals surface area (Å²) < 4.78 is 40.3. The van der Waals surface area contributed by atoms with E-state index in [2.05, 4.69) is 21.8 Å². The summed E-state index contributed by atoms with van der Waals surface area (Å²) in [6.45, 7) is 1.84. The topological polar surface area (TPSA) is 12.5 Å². The number of alkyl halides is 3. The first-order chi connectivity index (χ1) is 9.54. The average molecular weight is 287 g/mol. The minimum Gasteiger partial charge on any atom is -0.372 e. The van der Waals surface area contributed by atoms with E-state index in [9.17, 15) is 13.2 Å². The number of halogens is 3. The largest absolute Gasteiger partial charge is 0.411 e. The molecule has 0 saturated carbocycles. The van der Waals surface area contributed by atoms with Crippen LogP contribution in [0.15, 0.2) is 30.3 Å². The van der Waals surface area contributed by atoms with Crippen LogP contribution in [0.1, 0.15) is 24.3 Å². The van der Waals surface area contributed by atoms with Crippen LogP contribution in [-0.2, 0) is 4.74 Å². The zero-order valence-corrected chi connectivity index (χ0v) is 11.4. The number of hydrogen-bond acceptors (Lipinski definition) is 2. The predicted octanol–water partition coefficient (Wildman–Crippen LogP) is 3.44. The third-order valence-corrected chi connectivity index (χ3v) is 3.57. The Morgan fingerprint density at radius 1 is 1.20 bits per heavy atom. The summed E-state index contributed by atoms with van der Waals surface area (Å²) in [4.78, 5) is 2.30. The van der Waals surface area contributed by atoms with Crippen LogP contribution in [0.3, 0.4) is 0 Å². The Balaban J connectivity index is 1.62. The zero-order valence-electron chi connectivity index (χ0n) is 11.4. The Morgan fingerprint density at radius 2 is 1.95 bits per heavy atom. The molecule has 2 rings (SSSR count). The van der Waals surface area contributed by atoms with Crippen molar-refractivity contribution in [2.24, 2.45) is 0 Å². The van der Waals surface area contributed by atoms with Gasteiger partial charge in [-0.05, 0) is 30.9 Å². The summed E-state index contributed by atoms with van der Waals surface area (Å²) in [5, 5.41) is 0. The van der Waals surface area contributed by atoms with Crippen molar-refractivity contribution in [2.45, 2.75) is 24.9 Å². The van der Waals surface area contributed by atoms with Gasteiger partial charge in [0.1, 0.15) is 6.61 Å². The summed E-state index contributed by atoms with van der Waals surface area (Å²) in [5.74, 6) is 0.548. The van der Waals surface area contributed by atoms with Crippen molar-refractivity contribution in [3.8, 4) is 0 Å². The molecule has 20 heavy (non-hydrogen) atoms. The van der Waals surface area contributed by atoms with Crippen LogP contribution in [0, 0.1) is 0 Å². The number of hydrogen-bond donors (Lipinski definition) is 0. The molecule has 0 aromatic heterocycles. The van der Waals surface area contributed by atoms with Crippen molar-refractivity contribution in [1.29, 1.82) is 0 Å². The summed E-state index contributed by atoms with van der Waals surface area (Å²) in [7, 11) is 0. The van der Waals surface area contributed by atoms with E-state index in [1.807, 2.05) is 18.2 Å². The molecule has 0 radical (unpaired) electrons. The number of nitrogens with zero attached hydrogens (tertiary/aromatic N) is 1. The highest BCUT2D eigenvalue weighted by molar-refractivity contribution is 5.20. The molecule has 0 aliphatic carbocycles. The molecular formula is C15H20F3NO. The Morgan fingerprint density at radius 3 is 2.65 bits per heavy atom. The second kappa shape index (κ2) is 7.09. The first-order valence-electron chi connectivity index (χ1n) is 6.96. The molecule has 1 heterocycles.